The van der Waals surface area contributed by atoms with Gasteiger partial charge >= 0.3 is 5.91 Å². The van der Waals surface area contributed by atoms with Crippen molar-refractivity contribution in [2.75, 3.05) is 6.61 Å². The summed E-state index contributed by atoms with van der Waals surface area (Å²) in [5.74, 6) is -0.810. The van der Waals surface area contributed by atoms with E-state index in [1.165, 1.54) is 0 Å². The number of benzene rings is 1. The Morgan fingerprint density at radius 2 is 2.00 bits per heavy atom. The summed E-state index contributed by atoms with van der Waals surface area (Å²) in [6.45, 7) is 6.36. The van der Waals surface area contributed by atoms with E-state index in [9.17, 15) is 9.59 Å². The molecule has 0 saturated heterocycles. The smallest absolute Gasteiger partial charge is 0.305 e. The first-order chi connectivity index (χ1) is 13.0. The van der Waals surface area contributed by atoms with Crippen molar-refractivity contribution < 1.29 is 18.7 Å². The van der Waals surface area contributed by atoms with Gasteiger partial charge in [-0.3, -0.25) is 25.1 Å². The second kappa shape index (κ2) is 8.05. The summed E-state index contributed by atoms with van der Waals surface area (Å²) in [6.07, 6.45) is 0. The lowest BCUT2D eigenvalue weighted by Gasteiger charge is -2.08. The van der Waals surface area contributed by atoms with Gasteiger partial charge in [0, 0.05) is 23.3 Å². The number of carbonyl (C=O) groups is 2. The number of fused-ring (bicyclic) bond motifs is 1. The van der Waals surface area contributed by atoms with Crippen molar-refractivity contribution in [1.82, 2.24) is 20.6 Å². The lowest BCUT2D eigenvalue weighted by atomic mass is 10.1. The number of para-hydroxylation sites is 1. The van der Waals surface area contributed by atoms with Gasteiger partial charge in [-0.25, -0.2) is 0 Å². The van der Waals surface area contributed by atoms with Gasteiger partial charge < -0.3 is 9.15 Å². The minimum atomic E-state index is -0.539. The first-order valence-corrected chi connectivity index (χ1v) is 8.68. The second-order valence-corrected chi connectivity index (χ2v) is 6.13. The van der Waals surface area contributed by atoms with Gasteiger partial charge in [0.2, 0.25) is 0 Å². The van der Waals surface area contributed by atoms with E-state index in [2.05, 4.69) is 16.0 Å². The predicted molar refractivity (Wildman–Crippen MR) is 98.9 cm³/mol. The molecule has 8 heteroatoms. The molecule has 0 unspecified atom stereocenters. The number of aryl methyl sites for hydroxylation is 2. The van der Waals surface area contributed by atoms with Crippen LogP contribution in [0.15, 0.2) is 34.7 Å². The number of rotatable bonds is 6. The van der Waals surface area contributed by atoms with Crippen LogP contribution in [0.25, 0.3) is 11.0 Å². The zero-order valence-electron chi connectivity index (χ0n) is 15.5. The van der Waals surface area contributed by atoms with E-state index in [1.54, 1.807) is 10.7 Å². The van der Waals surface area contributed by atoms with E-state index >= 15 is 0 Å². The van der Waals surface area contributed by atoms with Crippen LogP contribution in [0.4, 0.5) is 0 Å². The van der Waals surface area contributed by atoms with Crippen LogP contribution in [0.5, 0.6) is 0 Å². The molecule has 27 heavy (non-hydrogen) atoms. The standard InChI is InChI=1S/C19H22N4O4/c1-4-26-11-15-14-7-5-6-8-16(14)27-18(15)19(25)21-20-17(24)10-23-13(3)9-12(2)22-23/h5-9H,4,10-11H2,1-3H3,(H,20,24)(H,21,25). The van der Waals surface area contributed by atoms with E-state index in [1.807, 2.05) is 45.0 Å². The topological polar surface area (TPSA) is 98.4 Å². The van der Waals surface area contributed by atoms with Crippen LogP contribution in [-0.4, -0.2) is 28.2 Å². The van der Waals surface area contributed by atoms with Crippen LogP contribution in [-0.2, 0) is 22.7 Å². The molecule has 1 aromatic carbocycles. The molecule has 2 N–H and O–H groups in total. The van der Waals surface area contributed by atoms with Gasteiger partial charge in [-0.05, 0) is 32.9 Å². The summed E-state index contributed by atoms with van der Waals surface area (Å²) in [6, 6.07) is 9.22. The molecule has 2 amide bonds. The highest BCUT2D eigenvalue weighted by Gasteiger charge is 2.21. The lowest BCUT2D eigenvalue weighted by Crippen LogP contribution is -2.43. The highest BCUT2D eigenvalue weighted by atomic mass is 16.5. The third-order valence-electron chi connectivity index (χ3n) is 4.07. The molecule has 3 aromatic rings. The number of furan rings is 1. The Balaban J connectivity index is 1.70. The number of hydrazine groups is 1. The van der Waals surface area contributed by atoms with Crippen LogP contribution in [0.2, 0.25) is 0 Å². The SMILES string of the molecule is CCOCc1c(C(=O)NNC(=O)Cn2nc(C)cc2C)oc2ccccc12. The van der Waals surface area contributed by atoms with Crippen molar-refractivity contribution in [1.29, 1.82) is 0 Å². The summed E-state index contributed by atoms with van der Waals surface area (Å²) >= 11 is 0. The molecular weight excluding hydrogens is 348 g/mol. The summed E-state index contributed by atoms with van der Waals surface area (Å²) < 4.78 is 12.7. The van der Waals surface area contributed by atoms with Crippen molar-refractivity contribution >= 4 is 22.8 Å². The van der Waals surface area contributed by atoms with Crippen molar-refractivity contribution in [3.05, 3.63) is 53.0 Å². The molecule has 0 bridgehead atoms. The Hall–Kier alpha value is -3.13. The van der Waals surface area contributed by atoms with E-state index in [4.69, 9.17) is 9.15 Å². The first kappa shape index (κ1) is 18.7. The van der Waals surface area contributed by atoms with Gasteiger partial charge in [0.25, 0.3) is 5.91 Å². The molecule has 0 aliphatic rings. The van der Waals surface area contributed by atoms with Crippen molar-refractivity contribution in [2.45, 2.75) is 33.9 Å². The van der Waals surface area contributed by atoms with Crippen LogP contribution in [0.3, 0.4) is 0 Å². The zero-order chi connectivity index (χ0) is 19.4. The Morgan fingerprint density at radius 1 is 1.22 bits per heavy atom. The summed E-state index contributed by atoms with van der Waals surface area (Å²) in [5, 5.41) is 5.03. The zero-order valence-corrected chi connectivity index (χ0v) is 15.5. The maximum atomic E-state index is 12.5. The molecule has 2 aromatic heterocycles. The minimum Gasteiger partial charge on any atom is -0.450 e. The quantitative estimate of drug-likeness (QED) is 0.649. The van der Waals surface area contributed by atoms with Gasteiger partial charge in [-0.15, -0.1) is 0 Å². The second-order valence-electron chi connectivity index (χ2n) is 6.13. The van der Waals surface area contributed by atoms with Gasteiger partial charge in [0.1, 0.15) is 12.1 Å². The van der Waals surface area contributed by atoms with Crippen molar-refractivity contribution in [3.63, 3.8) is 0 Å². The molecule has 0 aliphatic carbocycles. The fourth-order valence-electron chi connectivity index (χ4n) is 2.82. The molecule has 0 radical (unpaired) electrons. The van der Waals surface area contributed by atoms with E-state index in [0.29, 0.717) is 17.8 Å². The molecule has 0 spiro atoms. The number of amides is 2. The molecule has 0 fully saturated rings. The number of nitrogens with zero attached hydrogens (tertiary/aromatic N) is 2. The number of hydrogen-bond donors (Lipinski definition) is 2. The molecule has 142 valence electrons. The average Bonchev–Trinajstić information content (AvgIpc) is 3.17. The third kappa shape index (κ3) is 4.17. The molecule has 0 atom stereocenters. The fourth-order valence-corrected chi connectivity index (χ4v) is 2.82. The number of aromatic nitrogens is 2. The number of ether oxygens (including phenoxy) is 1. The number of nitrogens with one attached hydrogen (secondary N) is 2. The molecule has 0 aliphatic heterocycles. The Morgan fingerprint density at radius 3 is 2.70 bits per heavy atom. The Bertz CT molecular complexity index is 973. The average molecular weight is 370 g/mol. The third-order valence-corrected chi connectivity index (χ3v) is 4.07. The van der Waals surface area contributed by atoms with E-state index in [-0.39, 0.29) is 18.9 Å². The summed E-state index contributed by atoms with van der Waals surface area (Å²) in [5.41, 5.74) is 7.72. The van der Waals surface area contributed by atoms with Gasteiger partial charge in [-0.2, -0.15) is 5.10 Å². The molecule has 0 saturated carbocycles. The molecule has 3 rings (SSSR count). The normalized spacial score (nSPS) is 10.9. The maximum absolute atomic E-state index is 12.5. The van der Waals surface area contributed by atoms with E-state index < -0.39 is 11.8 Å². The molecular formula is C19H22N4O4. The highest BCUT2D eigenvalue weighted by molar-refractivity contribution is 5.99. The monoisotopic (exact) mass is 370 g/mol. The van der Waals surface area contributed by atoms with Crippen LogP contribution < -0.4 is 10.9 Å². The number of hydrogen-bond acceptors (Lipinski definition) is 5. The van der Waals surface area contributed by atoms with Crippen molar-refractivity contribution in [3.8, 4) is 0 Å². The van der Waals surface area contributed by atoms with Crippen molar-refractivity contribution in [2.24, 2.45) is 0 Å². The lowest BCUT2D eigenvalue weighted by molar-refractivity contribution is -0.122. The highest BCUT2D eigenvalue weighted by Crippen LogP contribution is 2.26. The molecule has 2 heterocycles. The molecule has 8 nitrogen and oxygen atoms in total. The summed E-state index contributed by atoms with van der Waals surface area (Å²) in [4.78, 5) is 24.6. The Labute approximate surface area is 156 Å². The van der Waals surface area contributed by atoms with Gasteiger partial charge in [0.05, 0.1) is 12.3 Å². The van der Waals surface area contributed by atoms with Crippen LogP contribution in [0.1, 0.15) is 34.4 Å². The van der Waals surface area contributed by atoms with E-state index in [0.717, 1.165) is 16.8 Å². The number of carbonyl (C=O) groups excluding carboxylic acids is 2. The maximum Gasteiger partial charge on any atom is 0.305 e. The largest absolute Gasteiger partial charge is 0.450 e. The van der Waals surface area contributed by atoms with Crippen LogP contribution in [0, 0.1) is 13.8 Å². The first-order valence-electron chi connectivity index (χ1n) is 8.68. The van der Waals surface area contributed by atoms with Crippen LogP contribution >= 0.6 is 0 Å². The minimum absolute atomic E-state index is 0.00584. The fraction of sp³-hybridized carbons (Fsp3) is 0.316. The van der Waals surface area contributed by atoms with Gasteiger partial charge in [0.15, 0.2) is 5.76 Å². The predicted octanol–water partition coefficient (Wildman–Crippen LogP) is 2.24. The Kier molecular flexibility index (Phi) is 5.56. The van der Waals surface area contributed by atoms with Gasteiger partial charge in [-0.1, -0.05) is 18.2 Å². The summed E-state index contributed by atoms with van der Waals surface area (Å²) in [7, 11) is 0.